The van der Waals surface area contributed by atoms with Gasteiger partial charge in [0.25, 0.3) is 0 Å². The Morgan fingerprint density at radius 1 is 0.880 bits per heavy atom. The molecule has 1 aliphatic carbocycles. The highest BCUT2D eigenvalue weighted by atomic mass is 35.5. The number of amides is 2. The summed E-state index contributed by atoms with van der Waals surface area (Å²) in [5.41, 5.74) is 1.01. The lowest BCUT2D eigenvalue weighted by Gasteiger charge is -2.19. The zero-order valence-corrected chi connectivity index (χ0v) is 15.9. The van der Waals surface area contributed by atoms with Crippen LogP contribution in [0, 0.1) is 0 Å². The van der Waals surface area contributed by atoms with Gasteiger partial charge in [-0.25, -0.2) is 4.79 Å². The number of carbonyl (C=O) groups is 1. The van der Waals surface area contributed by atoms with E-state index in [1.807, 2.05) is 30.3 Å². The quantitative estimate of drug-likeness (QED) is 0.652. The molecule has 1 saturated carbocycles. The maximum absolute atomic E-state index is 12.1. The molecule has 1 fully saturated rings. The van der Waals surface area contributed by atoms with Crippen molar-refractivity contribution in [1.29, 1.82) is 0 Å². The molecule has 0 unspecified atom stereocenters. The number of carbonyl (C=O) groups excluding carboxylic acids is 1. The molecule has 0 atom stereocenters. The Morgan fingerprint density at radius 2 is 1.40 bits per heavy atom. The molecule has 0 radical (unpaired) electrons. The third-order valence-electron chi connectivity index (χ3n) is 4.80. The number of halogens is 1. The number of rotatable bonds is 3. The summed E-state index contributed by atoms with van der Waals surface area (Å²) in [7, 11) is 0. The highest BCUT2D eigenvalue weighted by Crippen LogP contribution is 2.17. The summed E-state index contributed by atoms with van der Waals surface area (Å²) < 4.78 is 0. The van der Waals surface area contributed by atoms with Crippen LogP contribution in [0.4, 0.5) is 4.79 Å². The molecule has 1 aromatic rings. The topological polar surface area (TPSA) is 41.1 Å². The highest BCUT2D eigenvalue weighted by Gasteiger charge is 2.11. The van der Waals surface area contributed by atoms with Crippen LogP contribution in [0.2, 0.25) is 5.02 Å². The van der Waals surface area contributed by atoms with Crippen LogP contribution in [0.25, 0.3) is 6.08 Å². The van der Waals surface area contributed by atoms with Crippen LogP contribution in [-0.4, -0.2) is 12.1 Å². The van der Waals surface area contributed by atoms with Crippen molar-refractivity contribution in [3.8, 4) is 0 Å². The Labute approximate surface area is 157 Å². The lowest BCUT2D eigenvalue weighted by atomic mass is 9.98. The third-order valence-corrected chi connectivity index (χ3v) is 5.05. The second-order valence-corrected chi connectivity index (χ2v) is 7.40. The van der Waals surface area contributed by atoms with Crippen molar-refractivity contribution in [1.82, 2.24) is 10.6 Å². The molecule has 1 aromatic carbocycles. The predicted molar refractivity (Wildman–Crippen MR) is 107 cm³/mol. The van der Waals surface area contributed by atoms with Gasteiger partial charge in [-0.3, -0.25) is 0 Å². The average Bonchev–Trinajstić information content (AvgIpc) is 2.59. The minimum atomic E-state index is -0.109. The predicted octanol–water partition coefficient (Wildman–Crippen LogP) is 6.28. The summed E-state index contributed by atoms with van der Waals surface area (Å²) in [6.07, 6.45) is 17.6. The summed E-state index contributed by atoms with van der Waals surface area (Å²) in [5.74, 6) is 0. The van der Waals surface area contributed by atoms with Crippen LogP contribution < -0.4 is 10.6 Å². The van der Waals surface area contributed by atoms with Gasteiger partial charge in [0.1, 0.15) is 0 Å². The fourth-order valence-electron chi connectivity index (χ4n) is 3.32. The van der Waals surface area contributed by atoms with Crippen molar-refractivity contribution in [3.05, 3.63) is 41.1 Å². The van der Waals surface area contributed by atoms with Crippen LogP contribution in [0.5, 0.6) is 0 Å². The molecule has 2 amide bonds. The van der Waals surface area contributed by atoms with Gasteiger partial charge < -0.3 is 10.6 Å². The van der Waals surface area contributed by atoms with Crippen LogP contribution in [0.1, 0.15) is 76.2 Å². The van der Waals surface area contributed by atoms with E-state index in [1.165, 1.54) is 57.8 Å². The Kier molecular flexibility index (Phi) is 9.50. The molecule has 1 aliphatic rings. The van der Waals surface area contributed by atoms with E-state index in [0.717, 1.165) is 18.4 Å². The van der Waals surface area contributed by atoms with E-state index >= 15 is 0 Å². The number of urea groups is 1. The molecule has 2 rings (SSSR count). The Hall–Kier alpha value is -1.48. The zero-order chi connectivity index (χ0) is 17.7. The number of hydrogen-bond acceptors (Lipinski definition) is 1. The molecule has 138 valence electrons. The maximum atomic E-state index is 12.1. The monoisotopic (exact) mass is 362 g/mol. The van der Waals surface area contributed by atoms with Crippen molar-refractivity contribution in [2.75, 3.05) is 0 Å². The van der Waals surface area contributed by atoms with Gasteiger partial charge in [-0.05, 0) is 36.6 Å². The van der Waals surface area contributed by atoms with Gasteiger partial charge in [-0.1, -0.05) is 81.5 Å². The Bertz CT molecular complexity index is 515. The van der Waals surface area contributed by atoms with Crippen molar-refractivity contribution >= 4 is 23.7 Å². The summed E-state index contributed by atoms with van der Waals surface area (Å²) in [6, 6.07) is 7.71. The third kappa shape index (κ3) is 8.97. The van der Waals surface area contributed by atoms with Gasteiger partial charge in [-0.2, -0.15) is 0 Å². The van der Waals surface area contributed by atoms with Gasteiger partial charge in [0, 0.05) is 17.3 Å². The highest BCUT2D eigenvalue weighted by molar-refractivity contribution is 6.30. The van der Waals surface area contributed by atoms with E-state index in [0.29, 0.717) is 11.1 Å². The van der Waals surface area contributed by atoms with E-state index in [4.69, 9.17) is 11.6 Å². The Balaban J connectivity index is 1.74. The van der Waals surface area contributed by atoms with Crippen LogP contribution in [-0.2, 0) is 0 Å². The first-order valence-electron chi connectivity index (χ1n) is 9.73. The van der Waals surface area contributed by atoms with Crippen molar-refractivity contribution in [2.45, 2.75) is 76.7 Å². The zero-order valence-electron chi connectivity index (χ0n) is 15.1. The normalized spacial score (nSPS) is 18.3. The van der Waals surface area contributed by atoms with E-state index in [-0.39, 0.29) is 6.03 Å². The molecule has 2 N–H and O–H groups in total. The molecule has 0 saturated heterocycles. The minimum absolute atomic E-state index is 0.109. The Morgan fingerprint density at radius 3 is 1.96 bits per heavy atom. The van der Waals surface area contributed by atoms with Gasteiger partial charge in [0.2, 0.25) is 0 Å². The molecular formula is C21H31ClN2O. The van der Waals surface area contributed by atoms with Crippen LogP contribution in [0.3, 0.4) is 0 Å². The summed E-state index contributed by atoms with van der Waals surface area (Å²) in [6.45, 7) is 0. The molecule has 0 heterocycles. The first-order valence-corrected chi connectivity index (χ1v) is 10.1. The first kappa shape index (κ1) is 19.8. The standard InChI is InChI=1S/C21H31ClN2O/c22-19-14-12-18(13-15-19)16-17-23-21(25)24-20-10-8-6-4-2-1-3-5-7-9-11-20/h12-17,20H,1-11H2,(H2,23,24,25)/b17-16+. The van der Waals surface area contributed by atoms with Crippen LogP contribution in [0.15, 0.2) is 30.5 Å². The SMILES string of the molecule is O=C(N/C=C/c1ccc(Cl)cc1)NC1CCCCCCCCCCC1. The average molecular weight is 363 g/mol. The fourth-order valence-corrected chi connectivity index (χ4v) is 3.45. The second kappa shape index (κ2) is 12.0. The van der Waals surface area contributed by atoms with Gasteiger partial charge in [0.05, 0.1) is 0 Å². The van der Waals surface area contributed by atoms with Gasteiger partial charge >= 0.3 is 6.03 Å². The van der Waals surface area contributed by atoms with Gasteiger partial charge in [-0.15, -0.1) is 0 Å². The summed E-state index contributed by atoms with van der Waals surface area (Å²) >= 11 is 5.87. The van der Waals surface area contributed by atoms with Crippen molar-refractivity contribution < 1.29 is 4.79 Å². The minimum Gasteiger partial charge on any atom is -0.335 e. The molecule has 3 nitrogen and oxygen atoms in total. The van der Waals surface area contributed by atoms with Crippen LogP contribution >= 0.6 is 11.6 Å². The van der Waals surface area contributed by atoms with E-state index < -0.39 is 0 Å². The second-order valence-electron chi connectivity index (χ2n) is 6.96. The summed E-state index contributed by atoms with van der Waals surface area (Å²) in [5, 5.41) is 6.67. The van der Waals surface area contributed by atoms with E-state index in [2.05, 4.69) is 10.6 Å². The molecule has 25 heavy (non-hydrogen) atoms. The lowest BCUT2D eigenvalue weighted by molar-refractivity contribution is 0.238. The van der Waals surface area contributed by atoms with Crippen molar-refractivity contribution in [3.63, 3.8) is 0 Å². The first-order chi connectivity index (χ1) is 12.2. The van der Waals surface area contributed by atoms with E-state index in [1.54, 1.807) is 6.20 Å². The van der Waals surface area contributed by atoms with Gasteiger partial charge in [0.15, 0.2) is 0 Å². The molecular weight excluding hydrogens is 332 g/mol. The number of nitrogens with one attached hydrogen (secondary N) is 2. The van der Waals surface area contributed by atoms with E-state index in [9.17, 15) is 4.79 Å². The number of benzene rings is 1. The fraction of sp³-hybridized carbons (Fsp3) is 0.571. The molecule has 4 heteroatoms. The summed E-state index contributed by atoms with van der Waals surface area (Å²) in [4.78, 5) is 12.1. The maximum Gasteiger partial charge on any atom is 0.318 e. The molecule has 0 aromatic heterocycles. The lowest BCUT2D eigenvalue weighted by Crippen LogP contribution is -2.40. The number of hydrogen-bond donors (Lipinski definition) is 2. The van der Waals surface area contributed by atoms with Crippen molar-refractivity contribution in [2.24, 2.45) is 0 Å². The molecule has 0 spiro atoms. The molecule has 0 aliphatic heterocycles. The largest absolute Gasteiger partial charge is 0.335 e. The molecule has 0 bridgehead atoms. The smallest absolute Gasteiger partial charge is 0.318 e.